The molecule has 0 saturated carbocycles. The standard InChI is InChI=1S/C15H25N3O2/c1-2-19-12-14-8-17(7-13-4-6-20-11-13)10-15-3-5-16-18(15)9-14/h3,5,13-14H,2,4,6-12H2,1H3/t13-,14+/m0/s1. The molecule has 1 fully saturated rings. The van der Waals surface area contributed by atoms with Gasteiger partial charge >= 0.3 is 0 Å². The highest BCUT2D eigenvalue weighted by Crippen LogP contribution is 2.20. The van der Waals surface area contributed by atoms with E-state index >= 15 is 0 Å². The lowest BCUT2D eigenvalue weighted by atomic mass is 10.1. The molecule has 2 aliphatic heterocycles. The molecular formula is C15H25N3O2. The maximum atomic E-state index is 5.65. The molecule has 0 aromatic carbocycles. The second-order valence-corrected chi connectivity index (χ2v) is 5.95. The Bertz CT molecular complexity index is 415. The van der Waals surface area contributed by atoms with Gasteiger partial charge in [-0.15, -0.1) is 0 Å². The van der Waals surface area contributed by atoms with Gasteiger partial charge in [-0.2, -0.15) is 5.10 Å². The van der Waals surface area contributed by atoms with E-state index in [1.807, 2.05) is 6.20 Å². The van der Waals surface area contributed by atoms with E-state index < -0.39 is 0 Å². The molecule has 0 unspecified atom stereocenters. The van der Waals surface area contributed by atoms with Gasteiger partial charge < -0.3 is 9.47 Å². The molecule has 5 heteroatoms. The summed E-state index contributed by atoms with van der Waals surface area (Å²) in [5.74, 6) is 1.22. The van der Waals surface area contributed by atoms with Crippen LogP contribution in [0.3, 0.4) is 0 Å². The quantitative estimate of drug-likeness (QED) is 0.816. The number of ether oxygens (including phenoxy) is 2. The average Bonchev–Trinajstić information content (AvgIpc) is 3.06. The summed E-state index contributed by atoms with van der Waals surface area (Å²) in [5, 5.41) is 4.45. The second-order valence-electron chi connectivity index (χ2n) is 5.95. The topological polar surface area (TPSA) is 39.5 Å². The Morgan fingerprint density at radius 3 is 3.15 bits per heavy atom. The van der Waals surface area contributed by atoms with Crippen LogP contribution in [-0.2, 0) is 22.6 Å². The number of hydrogen-bond donors (Lipinski definition) is 0. The molecule has 5 nitrogen and oxygen atoms in total. The molecule has 0 bridgehead atoms. The zero-order chi connectivity index (χ0) is 13.8. The van der Waals surface area contributed by atoms with Gasteiger partial charge in [-0.25, -0.2) is 0 Å². The second kappa shape index (κ2) is 6.70. The Kier molecular flexibility index (Phi) is 4.70. The average molecular weight is 279 g/mol. The van der Waals surface area contributed by atoms with Gasteiger partial charge in [0.25, 0.3) is 0 Å². The van der Waals surface area contributed by atoms with Crippen molar-refractivity contribution in [3.63, 3.8) is 0 Å². The van der Waals surface area contributed by atoms with E-state index in [0.29, 0.717) is 11.8 Å². The minimum absolute atomic E-state index is 0.526. The van der Waals surface area contributed by atoms with E-state index in [-0.39, 0.29) is 0 Å². The molecular weight excluding hydrogens is 254 g/mol. The first-order chi connectivity index (χ1) is 9.85. The highest BCUT2D eigenvalue weighted by atomic mass is 16.5. The van der Waals surface area contributed by atoms with E-state index in [9.17, 15) is 0 Å². The lowest BCUT2D eigenvalue weighted by Gasteiger charge is -2.25. The van der Waals surface area contributed by atoms with Crippen molar-refractivity contribution in [2.75, 3.05) is 39.5 Å². The molecule has 0 spiro atoms. The lowest BCUT2D eigenvalue weighted by Crippen LogP contribution is -2.34. The van der Waals surface area contributed by atoms with Crippen LogP contribution in [0, 0.1) is 11.8 Å². The maximum Gasteiger partial charge on any atom is 0.0524 e. The van der Waals surface area contributed by atoms with Crippen LogP contribution in [0.25, 0.3) is 0 Å². The van der Waals surface area contributed by atoms with Gasteiger partial charge in [-0.05, 0) is 25.3 Å². The van der Waals surface area contributed by atoms with Crippen molar-refractivity contribution in [3.05, 3.63) is 18.0 Å². The zero-order valence-electron chi connectivity index (χ0n) is 12.3. The number of nitrogens with zero attached hydrogens (tertiary/aromatic N) is 3. The van der Waals surface area contributed by atoms with Crippen molar-refractivity contribution >= 4 is 0 Å². The Hall–Kier alpha value is -0.910. The fourth-order valence-corrected chi connectivity index (χ4v) is 3.24. The summed E-state index contributed by atoms with van der Waals surface area (Å²) in [5.41, 5.74) is 1.32. The molecule has 0 aliphatic carbocycles. The van der Waals surface area contributed by atoms with Crippen LogP contribution in [0.5, 0.6) is 0 Å². The van der Waals surface area contributed by atoms with Crippen molar-refractivity contribution in [2.24, 2.45) is 11.8 Å². The van der Waals surface area contributed by atoms with Gasteiger partial charge in [-0.3, -0.25) is 9.58 Å². The first-order valence-corrected chi connectivity index (χ1v) is 7.73. The Morgan fingerprint density at radius 2 is 2.35 bits per heavy atom. The summed E-state index contributed by atoms with van der Waals surface area (Å²) < 4.78 is 13.3. The first-order valence-electron chi connectivity index (χ1n) is 7.73. The smallest absolute Gasteiger partial charge is 0.0524 e. The van der Waals surface area contributed by atoms with Gasteiger partial charge in [0.1, 0.15) is 0 Å². The fraction of sp³-hybridized carbons (Fsp3) is 0.800. The summed E-state index contributed by atoms with van der Waals surface area (Å²) in [7, 11) is 0. The van der Waals surface area contributed by atoms with Crippen LogP contribution in [0.15, 0.2) is 12.3 Å². The van der Waals surface area contributed by atoms with Crippen molar-refractivity contribution in [1.82, 2.24) is 14.7 Å². The van der Waals surface area contributed by atoms with Crippen molar-refractivity contribution in [3.8, 4) is 0 Å². The predicted molar refractivity (Wildman–Crippen MR) is 76.4 cm³/mol. The summed E-state index contributed by atoms with van der Waals surface area (Å²) in [6.45, 7) is 9.73. The molecule has 1 aromatic heterocycles. The molecule has 0 amide bonds. The van der Waals surface area contributed by atoms with Crippen LogP contribution in [0.1, 0.15) is 19.0 Å². The van der Waals surface area contributed by atoms with E-state index in [1.54, 1.807) is 0 Å². The Labute approximate surface area is 120 Å². The number of fused-ring (bicyclic) bond motifs is 1. The molecule has 1 saturated heterocycles. The minimum Gasteiger partial charge on any atom is -0.381 e. The predicted octanol–water partition coefficient (Wildman–Crippen LogP) is 1.39. The van der Waals surface area contributed by atoms with Crippen LogP contribution < -0.4 is 0 Å². The number of aromatic nitrogens is 2. The molecule has 0 radical (unpaired) electrons. The van der Waals surface area contributed by atoms with Crippen molar-refractivity contribution < 1.29 is 9.47 Å². The Morgan fingerprint density at radius 1 is 1.40 bits per heavy atom. The van der Waals surface area contributed by atoms with Gasteiger partial charge in [0, 0.05) is 51.5 Å². The molecule has 3 rings (SSSR count). The molecule has 1 aromatic rings. The third-order valence-corrected chi connectivity index (χ3v) is 4.24. The molecule has 0 N–H and O–H groups in total. The van der Waals surface area contributed by atoms with Gasteiger partial charge in [0.2, 0.25) is 0 Å². The molecule has 20 heavy (non-hydrogen) atoms. The largest absolute Gasteiger partial charge is 0.381 e. The van der Waals surface area contributed by atoms with E-state index in [4.69, 9.17) is 9.47 Å². The summed E-state index contributed by atoms with van der Waals surface area (Å²) in [4.78, 5) is 2.56. The highest BCUT2D eigenvalue weighted by molar-refractivity contribution is 5.02. The van der Waals surface area contributed by atoms with Gasteiger partial charge in [0.05, 0.1) is 18.9 Å². The van der Waals surface area contributed by atoms with Gasteiger partial charge in [0.15, 0.2) is 0 Å². The van der Waals surface area contributed by atoms with E-state index in [2.05, 4.69) is 27.7 Å². The Balaban J connectivity index is 1.66. The summed E-state index contributed by atoms with van der Waals surface area (Å²) in [6, 6.07) is 2.14. The molecule has 2 aliphatic rings. The molecule has 3 heterocycles. The maximum absolute atomic E-state index is 5.65. The lowest BCUT2D eigenvalue weighted by molar-refractivity contribution is 0.0807. The highest BCUT2D eigenvalue weighted by Gasteiger charge is 2.25. The zero-order valence-corrected chi connectivity index (χ0v) is 12.3. The van der Waals surface area contributed by atoms with Gasteiger partial charge in [-0.1, -0.05) is 0 Å². The third-order valence-electron chi connectivity index (χ3n) is 4.24. The minimum atomic E-state index is 0.526. The van der Waals surface area contributed by atoms with Crippen LogP contribution in [-0.4, -0.2) is 54.2 Å². The number of hydrogen-bond acceptors (Lipinski definition) is 4. The SMILES string of the molecule is CCOC[C@@H]1CN(C[C@@H]2CCOC2)Cc2ccnn2C1. The summed E-state index contributed by atoms with van der Waals surface area (Å²) in [6.07, 6.45) is 3.11. The fourth-order valence-electron chi connectivity index (χ4n) is 3.24. The van der Waals surface area contributed by atoms with Crippen molar-refractivity contribution in [2.45, 2.75) is 26.4 Å². The van der Waals surface area contributed by atoms with Crippen LogP contribution in [0.2, 0.25) is 0 Å². The monoisotopic (exact) mass is 279 g/mol. The third kappa shape index (κ3) is 3.40. The van der Waals surface area contributed by atoms with Crippen molar-refractivity contribution in [1.29, 1.82) is 0 Å². The molecule has 2 atom stereocenters. The number of rotatable bonds is 5. The van der Waals surface area contributed by atoms with Crippen LogP contribution in [0.4, 0.5) is 0 Å². The molecule has 112 valence electrons. The van der Waals surface area contributed by atoms with Crippen LogP contribution >= 0.6 is 0 Å². The first kappa shape index (κ1) is 14.0. The van der Waals surface area contributed by atoms with E-state index in [0.717, 1.165) is 52.6 Å². The summed E-state index contributed by atoms with van der Waals surface area (Å²) >= 11 is 0. The normalized spacial score (nSPS) is 27.4. The van der Waals surface area contributed by atoms with E-state index in [1.165, 1.54) is 12.1 Å².